The maximum atomic E-state index is 11.6. The van der Waals surface area contributed by atoms with E-state index in [0.717, 1.165) is 24.4 Å². The third-order valence-corrected chi connectivity index (χ3v) is 4.10. The molecule has 106 valence electrons. The monoisotopic (exact) mass is 312 g/mol. The molecule has 0 bridgehead atoms. The number of nitrogens with zero attached hydrogens (tertiary/aromatic N) is 2. The lowest BCUT2D eigenvalue weighted by atomic mass is 10.2. The molecule has 0 radical (unpaired) electrons. The number of ether oxygens (including phenoxy) is 2. The molecule has 3 heterocycles. The Hall–Kier alpha value is -1.37. The molecule has 2 aromatic heterocycles. The molecule has 2 aromatic rings. The zero-order chi connectivity index (χ0) is 13.9. The van der Waals surface area contributed by atoms with Gasteiger partial charge < -0.3 is 9.47 Å². The fraction of sp³-hybridized carbons (Fsp3) is 0.385. The Morgan fingerprint density at radius 3 is 3.40 bits per heavy atom. The van der Waals surface area contributed by atoms with Crippen LogP contribution < -0.4 is 0 Å². The smallest absolute Gasteiger partial charge is 0.330 e. The van der Waals surface area contributed by atoms with E-state index in [1.165, 1.54) is 17.4 Å². The van der Waals surface area contributed by atoms with Crippen molar-refractivity contribution in [2.75, 3.05) is 13.2 Å². The van der Waals surface area contributed by atoms with E-state index in [1.807, 2.05) is 16.0 Å². The van der Waals surface area contributed by atoms with Crippen LogP contribution in [0.2, 0.25) is 5.15 Å². The van der Waals surface area contributed by atoms with Crippen LogP contribution in [0.4, 0.5) is 0 Å². The van der Waals surface area contributed by atoms with Crippen molar-refractivity contribution in [3.05, 3.63) is 28.5 Å². The molecule has 20 heavy (non-hydrogen) atoms. The highest BCUT2D eigenvalue weighted by molar-refractivity contribution is 7.15. The van der Waals surface area contributed by atoms with Crippen molar-refractivity contribution in [2.45, 2.75) is 18.9 Å². The zero-order valence-corrected chi connectivity index (χ0v) is 12.2. The van der Waals surface area contributed by atoms with Gasteiger partial charge in [-0.1, -0.05) is 11.6 Å². The highest BCUT2D eigenvalue weighted by atomic mass is 35.5. The van der Waals surface area contributed by atoms with Crippen LogP contribution in [-0.4, -0.2) is 34.7 Å². The first-order valence-electron chi connectivity index (χ1n) is 6.31. The van der Waals surface area contributed by atoms with Gasteiger partial charge >= 0.3 is 5.97 Å². The van der Waals surface area contributed by atoms with E-state index < -0.39 is 5.97 Å². The van der Waals surface area contributed by atoms with Crippen molar-refractivity contribution in [3.63, 3.8) is 0 Å². The minimum absolute atomic E-state index is 0.0366. The Bertz CT molecular complexity index is 643. The molecular formula is C13H13ClN2O3S. The summed E-state index contributed by atoms with van der Waals surface area (Å²) in [4.78, 5) is 16.6. The predicted octanol–water partition coefficient (Wildman–Crippen LogP) is 2.78. The number of thiazole rings is 1. The number of carbonyl (C=O) groups excluding carboxylic acids is 1. The molecule has 0 saturated carbocycles. The highest BCUT2D eigenvalue weighted by Crippen LogP contribution is 2.22. The minimum atomic E-state index is -0.401. The van der Waals surface area contributed by atoms with Gasteiger partial charge in [0.2, 0.25) is 0 Å². The van der Waals surface area contributed by atoms with Crippen LogP contribution in [0.25, 0.3) is 11.0 Å². The van der Waals surface area contributed by atoms with E-state index in [9.17, 15) is 4.79 Å². The van der Waals surface area contributed by atoms with Crippen LogP contribution in [0.15, 0.2) is 17.7 Å². The maximum Gasteiger partial charge on any atom is 0.330 e. The number of hydrogen-bond donors (Lipinski definition) is 0. The number of aromatic nitrogens is 2. The highest BCUT2D eigenvalue weighted by Gasteiger charge is 2.16. The Labute approximate surface area is 124 Å². The van der Waals surface area contributed by atoms with Gasteiger partial charge in [0.05, 0.1) is 11.8 Å². The van der Waals surface area contributed by atoms with Crippen molar-refractivity contribution in [1.29, 1.82) is 0 Å². The molecule has 0 aromatic carbocycles. The molecule has 1 aliphatic heterocycles. The molecular weight excluding hydrogens is 300 g/mol. The Morgan fingerprint density at radius 1 is 1.70 bits per heavy atom. The van der Waals surface area contributed by atoms with Crippen LogP contribution in [0.1, 0.15) is 18.5 Å². The Morgan fingerprint density at radius 2 is 2.60 bits per heavy atom. The van der Waals surface area contributed by atoms with E-state index >= 15 is 0 Å². The number of hydrogen-bond acceptors (Lipinski definition) is 5. The topological polar surface area (TPSA) is 52.8 Å². The molecule has 0 unspecified atom stereocenters. The number of rotatable bonds is 4. The van der Waals surface area contributed by atoms with E-state index in [-0.39, 0.29) is 6.10 Å². The predicted molar refractivity (Wildman–Crippen MR) is 77.0 cm³/mol. The lowest BCUT2D eigenvalue weighted by Crippen LogP contribution is -2.16. The van der Waals surface area contributed by atoms with Gasteiger partial charge in [-0.3, -0.25) is 4.40 Å². The molecule has 3 rings (SSSR count). The summed E-state index contributed by atoms with van der Waals surface area (Å²) in [6.07, 6.45) is 6.85. The number of fused-ring (bicyclic) bond motifs is 1. The molecule has 5 nitrogen and oxygen atoms in total. The fourth-order valence-corrected chi connectivity index (χ4v) is 3.08. The first-order valence-corrected chi connectivity index (χ1v) is 7.57. The molecule has 7 heteroatoms. The summed E-state index contributed by atoms with van der Waals surface area (Å²) in [5.74, 6) is -0.401. The molecule has 0 N–H and O–H groups in total. The molecule has 0 aliphatic carbocycles. The molecule has 1 atom stereocenters. The van der Waals surface area contributed by atoms with Crippen molar-refractivity contribution in [1.82, 2.24) is 9.38 Å². The number of halogens is 1. The quantitative estimate of drug-likeness (QED) is 0.643. The summed E-state index contributed by atoms with van der Waals surface area (Å²) >= 11 is 7.51. The normalized spacial score (nSPS) is 19.1. The summed E-state index contributed by atoms with van der Waals surface area (Å²) in [7, 11) is 0. The first kappa shape index (κ1) is 13.6. The van der Waals surface area contributed by atoms with Gasteiger partial charge in [0, 0.05) is 24.3 Å². The Kier molecular flexibility index (Phi) is 4.05. The second-order valence-corrected chi connectivity index (χ2v) is 5.67. The largest absolute Gasteiger partial charge is 0.460 e. The lowest BCUT2D eigenvalue weighted by Gasteiger charge is -2.08. The lowest BCUT2D eigenvalue weighted by molar-refractivity contribution is -0.140. The third kappa shape index (κ3) is 2.87. The standard InChI is InChI=1S/C13H13ClN2O3S/c14-12-10(16-5-7-20-13(16)15-12)3-4-11(17)19-8-9-2-1-6-18-9/h3-5,7,9H,1-2,6,8H2/b4-3+/t9-/m1/s1. The molecule has 1 fully saturated rings. The van der Waals surface area contributed by atoms with Gasteiger partial charge in [-0.25, -0.2) is 9.78 Å². The van der Waals surface area contributed by atoms with Crippen LogP contribution in [0.5, 0.6) is 0 Å². The maximum absolute atomic E-state index is 11.6. The third-order valence-electron chi connectivity index (χ3n) is 3.07. The van der Waals surface area contributed by atoms with Gasteiger partial charge in [-0.15, -0.1) is 11.3 Å². The van der Waals surface area contributed by atoms with Crippen molar-refractivity contribution >= 4 is 39.9 Å². The fourth-order valence-electron chi connectivity index (χ4n) is 2.07. The summed E-state index contributed by atoms with van der Waals surface area (Å²) in [5.41, 5.74) is 0.678. The SMILES string of the molecule is O=C(/C=C/c1c(Cl)nc2sccn12)OC[C@H]1CCCO1. The number of carbonyl (C=O) groups is 1. The number of imidazole rings is 1. The van der Waals surface area contributed by atoms with Crippen LogP contribution >= 0.6 is 22.9 Å². The van der Waals surface area contributed by atoms with E-state index in [4.69, 9.17) is 21.1 Å². The van der Waals surface area contributed by atoms with Crippen LogP contribution in [-0.2, 0) is 14.3 Å². The van der Waals surface area contributed by atoms with Gasteiger partial charge in [0.1, 0.15) is 6.61 Å². The van der Waals surface area contributed by atoms with Crippen molar-refractivity contribution in [3.8, 4) is 0 Å². The summed E-state index contributed by atoms with van der Waals surface area (Å²) in [6.45, 7) is 1.05. The Balaban J connectivity index is 1.62. The molecule has 1 saturated heterocycles. The van der Waals surface area contributed by atoms with E-state index in [1.54, 1.807) is 6.08 Å². The zero-order valence-electron chi connectivity index (χ0n) is 10.6. The molecule has 0 amide bonds. The second-order valence-electron chi connectivity index (χ2n) is 4.44. The first-order chi connectivity index (χ1) is 9.74. The van der Waals surface area contributed by atoms with Gasteiger partial charge in [-0.05, 0) is 18.9 Å². The van der Waals surface area contributed by atoms with E-state index in [2.05, 4.69) is 4.98 Å². The van der Waals surface area contributed by atoms with Crippen LogP contribution in [0, 0.1) is 0 Å². The van der Waals surface area contributed by atoms with Gasteiger partial charge in [-0.2, -0.15) is 0 Å². The second kappa shape index (κ2) is 5.95. The van der Waals surface area contributed by atoms with Gasteiger partial charge in [0.25, 0.3) is 0 Å². The summed E-state index contributed by atoms with van der Waals surface area (Å²) in [6, 6.07) is 0. The molecule has 0 spiro atoms. The summed E-state index contributed by atoms with van der Waals surface area (Å²) < 4.78 is 12.4. The van der Waals surface area contributed by atoms with Crippen molar-refractivity contribution < 1.29 is 14.3 Å². The minimum Gasteiger partial charge on any atom is -0.460 e. The molecule has 1 aliphatic rings. The number of esters is 1. The van der Waals surface area contributed by atoms with E-state index in [0.29, 0.717) is 17.5 Å². The van der Waals surface area contributed by atoms with Crippen molar-refractivity contribution in [2.24, 2.45) is 0 Å². The van der Waals surface area contributed by atoms with Crippen LogP contribution in [0.3, 0.4) is 0 Å². The summed E-state index contributed by atoms with van der Waals surface area (Å²) in [5, 5.41) is 2.28. The van der Waals surface area contributed by atoms with Gasteiger partial charge in [0.15, 0.2) is 10.1 Å². The average Bonchev–Trinajstić information content (AvgIpc) is 3.11. The average molecular weight is 313 g/mol.